The Labute approximate surface area is 171 Å². The maximum atomic E-state index is 12.6. The first-order valence-electron chi connectivity index (χ1n) is 10.0. The van der Waals surface area contributed by atoms with Crippen LogP contribution in [0.2, 0.25) is 0 Å². The highest BCUT2D eigenvalue weighted by atomic mass is 16.6. The number of hydrogen-bond donors (Lipinski definition) is 2. The van der Waals surface area contributed by atoms with E-state index in [1.807, 2.05) is 0 Å². The summed E-state index contributed by atoms with van der Waals surface area (Å²) in [5.41, 5.74) is 2.94. The normalized spacial score (nSPS) is 14.3. The number of benzene rings is 1. The quantitative estimate of drug-likeness (QED) is 0.782. The number of carbonyl (C=O) groups is 2. The molecule has 154 valence electrons. The number of hydrogen-bond acceptors (Lipinski definition) is 5. The lowest BCUT2D eigenvalue weighted by Gasteiger charge is -2.31. The van der Waals surface area contributed by atoms with Crippen LogP contribution >= 0.6 is 0 Å². The molecule has 1 aliphatic heterocycles. The molecule has 0 atom stereocenters. The van der Waals surface area contributed by atoms with Gasteiger partial charge < -0.3 is 20.3 Å². The predicted octanol–water partition coefficient (Wildman–Crippen LogP) is 3.35. The van der Waals surface area contributed by atoms with Crippen LogP contribution in [0, 0.1) is 6.92 Å². The van der Waals surface area contributed by atoms with Gasteiger partial charge in [-0.3, -0.25) is 4.79 Å². The molecule has 2 heterocycles. The van der Waals surface area contributed by atoms with Crippen LogP contribution in [-0.2, 0) is 11.3 Å². The van der Waals surface area contributed by atoms with Gasteiger partial charge in [0.1, 0.15) is 5.82 Å². The summed E-state index contributed by atoms with van der Waals surface area (Å²) in [7, 11) is 0. The Kier molecular flexibility index (Phi) is 7.05. The summed E-state index contributed by atoms with van der Waals surface area (Å²) in [6.07, 6.45) is 2.79. The molecular formula is C22H28N4O3. The largest absolute Gasteiger partial charge is 0.450 e. The van der Waals surface area contributed by atoms with Gasteiger partial charge in [-0.2, -0.15) is 0 Å². The van der Waals surface area contributed by atoms with Crippen molar-refractivity contribution in [2.45, 2.75) is 39.3 Å². The van der Waals surface area contributed by atoms with Gasteiger partial charge in [0.2, 0.25) is 0 Å². The summed E-state index contributed by atoms with van der Waals surface area (Å²) in [5.74, 6) is 0.538. The van der Waals surface area contributed by atoms with Crippen LogP contribution < -0.4 is 10.6 Å². The lowest BCUT2D eigenvalue weighted by Crippen LogP contribution is -2.46. The number of nitrogens with zero attached hydrogens (tertiary/aromatic N) is 2. The van der Waals surface area contributed by atoms with Gasteiger partial charge in [-0.05, 0) is 44.4 Å². The van der Waals surface area contributed by atoms with Gasteiger partial charge in [0.25, 0.3) is 5.91 Å². The van der Waals surface area contributed by atoms with Crippen LogP contribution in [-0.4, -0.2) is 47.6 Å². The zero-order valence-corrected chi connectivity index (χ0v) is 17.0. The molecule has 1 aliphatic rings. The maximum Gasteiger partial charge on any atom is 0.409 e. The van der Waals surface area contributed by atoms with Crippen molar-refractivity contribution in [3.05, 3.63) is 59.3 Å². The van der Waals surface area contributed by atoms with Gasteiger partial charge in [0.15, 0.2) is 0 Å². The number of carbonyl (C=O) groups excluding carboxylic acids is 2. The van der Waals surface area contributed by atoms with Crippen molar-refractivity contribution in [2.24, 2.45) is 0 Å². The molecule has 2 N–H and O–H groups in total. The fourth-order valence-corrected chi connectivity index (χ4v) is 3.26. The van der Waals surface area contributed by atoms with Crippen LogP contribution in [0.3, 0.4) is 0 Å². The summed E-state index contributed by atoms with van der Waals surface area (Å²) in [6.45, 7) is 6.04. The average molecular weight is 396 g/mol. The van der Waals surface area contributed by atoms with Crippen LogP contribution in [0.1, 0.15) is 41.3 Å². The van der Waals surface area contributed by atoms with Crippen LogP contribution in [0.4, 0.5) is 10.6 Å². The molecule has 1 saturated heterocycles. The second-order valence-corrected chi connectivity index (χ2v) is 7.20. The molecule has 0 saturated carbocycles. The molecule has 0 radical (unpaired) electrons. The number of piperidine rings is 1. The van der Waals surface area contributed by atoms with Crippen LogP contribution in [0.15, 0.2) is 42.6 Å². The monoisotopic (exact) mass is 396 g/mol. The molecule has 1 fully saturated rings. The minimum atomic E-state index is -0.282. The van der Waals surface area contributed by atoms with Gasteiger partial charge in [-0.15, -0.1) is 0 Å². The van der Waals surface area contributed by atoms with Crippen LogP contribution in [0.25, 0.3) is 0 Å². The summed E-state index contributed by atoms with van der Waals surface area (Å²) >= 11 is 0. The number of anilines is 1. The number of likely N-dealkylation sites (tertiary alicyclic amines) is 1. The number of aryl methyl sites for hydroxylation is 1. The van der Waals surface area contributed by atoms with E-state index in [0.29, 0.717) is 50.5 Å². The van der Waals surface area contributed by atoms with Crippen molar-refractivity contribution in [3.63, 3.8) is 0 Å². The predicted molar refractivity (Wildman–Crippen MR) is 112 cm³/mol. The van der Waals surface area contributed by atoms with E-state index in [9.17, 15) is 9.59 Å². The number of amides is 2. The Balaban J connectivity index is 1.50. The molecule has 1 aromatic heterocycles. The number of aromatic nitrogens is 1. The lowest BCUT2D eigenvalue weighted by molar-refractivity contribution is 0.0860. The molecule has 7 heteroatoms. The van der Waals surface area contributed by atoms with Crippen molar-refractivity contribution in [2.75, 3.05) is 25.0 Å². The highest BCUT2D eigenvalue weighted by Gasteiger charge is 2.24. The molecule has 29 heavy (non-hydrogen) atoms. The van der Waals surface area contributed by atoms with Crippen molar-refractivity contribution < 1.29 is 14.3 Å². The van der Waals surface area contributed by atoms with Gasteiger partial charge in [0, 0.05) is 37.4 Å². The molecule has 0 aliphatic carbocycles. The Morgan fingerprint density at radius 3 is 2.59 bits per heavy atom. The van der Waals surface area contributed by atoms with Crippen molar-refractivity contribution in [1.29, 1.82) is 0 Å². The van der Waals surface area contributed by atoms with Crippen LogP contribution in [0.5, 0.6) is 0 Å². The molecule has 3 rings (SSSR count). The SMILES string of the molecule is CCOC(=O)N1CCC(NC(=O)c2ccnc(NCc3ccc(C)cc3)c2)CC1. The van der Waals surface area contributed by atoms with E-state index < -0.39 is 0 Å². The molecule has 0 bridgehead atoms. The molecular weight excluding hydrogens is 368 g/mol. The fraction of sp³-hybridized carbons (Fsp3) is 0.409. The molecule has 0 spiro atoms. The number of nitrogens with one attached hydrogen (secondary N) is 2. The highest BCUT2D eigenvalue weighted by molar-refractivity contribution is 5.95. The summed E-state index contributed by atoms with van der Waals surface area (Å²) in [5, 5.41) is 6.32. The topological polar surface area (TPSA) is 83.6 Å². The van der Waals surface area contributed by atoms with E-state index in [4.69, 9.17) is 4.74 Å². The molecule has 1 aromatic carbocycles. The minimum Gasteiger partial charge on any atom is -0.450 e. The first-order chi connectivity index (χ1) is 14.0. The molecule has 2 aromatic rings. The second kappa shape index (κ2) is 9.91. The molecule has 7 nitrogen and oxygen atoms in total. The first kappa shape index (κ1) is 20.6. The van der Waals surface area contributed by atoms with E-state index in [-0.39, 0.29) is 18.0 Å². The average Bonchev–Trinajstić information content (AvgIpc) is 2.74. The summed E-state index contributed by atoms with van der Waals surface area (Å²) < 4.78 is 5.03. The zero-order valence-electron chi connectivity index (χ0n) is 17.0. The van der Waals surface area contributed by atoms with Gasteiger partial charge in [-0.25, -0.2) is 9.78 Å². The van der Waals surface area contributed by atoms with Gasteiger partial charge in [0.05, 0.1) is 6.61 Å². The Morgan fingerprint density at radius 1 is 1.17 bits per heavy atom. The van der Waals surface area contributed by atoms with Gasteiger partial charge in [-0.1, -0.05) is 29.8 Å². The third kappa shape index (κ3) is 5.94. The van der Waals surface area contributed by atoms with E-state index in [1.54, 1.807) is 30.2 Å². The molecule has 2 amide bonds. The van der Waals surface area contributed by atoms with Gasteiger partial charge >= 0.3 is 6.09 Å². The van der Waals surface area contributed by atoms with Crippen molar-refractivity contribution in [1.82, 2.24) is 15.2 Å². The maximum absolute atomic E-state index is 12.6. The fourth-order valence-electron chi connectivity index (χ4n) is 3.26. The Bertz CT molecular complexity index is 830. The number of pyridine rings is 1. The number of ether oxygens (including phenoxy) is 1. The third-order valence-electron chi connectivity index (χ3n) is 4.97. The summed E-state index contributed by atoms with van der Waals surface area (Å²) in [4.78, 5) is 30.4. The third-order valence-corrected chi connectivity index (χ3v) is 4.97. The smallest absolute Gasteiger partial charge is 0.409 e. The van der Waals surface area contributed by atoms with Crippen molar-refractivity contribution >= 4 is 17.8 Å². The second-order valence-electron chi connectivity index (χ2n) is 7.20. The zero-order chi connectivity index (χ0) is 20.6. The highest BCUT2D eigenvalue weighted by Crippen LogP contribution is 2.14. The first-order valence-corrected chi connectivity index (χ1v) is 10.0. The summed E-state index contributed by atoms with van der Waals surface area (Å²) in [6, 6.07) is 11.8. The Hall–Kier alpha value is -3.09. The van der Waals surface area contributed by atoms with E-state index in [1.165, 1.54) is 5.56 Å². The minimum absolute atomic E-state index is 0.0466. The standard InChI is InChI=1S/C22H28N4O3/c1-3-29-22(28)26-12-9-19(10-13-26)25-21(27)18-8-11-23-20(14-18)24-15-17-6-4-16(2)5-7-17/h4-8,11,14,19H,3,9-10,12-13,15H2,1-2H3,(H,23,24)(H,25,27). The lowest BCUT2D eigenvalue weighted by atomic mass is 10.0. The van der Waals surface area contributed by atoms with E-state index >= 15 is 0 Å². The van der Waals surface area contributed by atoms with Crippen molar-refractivity contribution in [3.8, 4) is 0 Å². The molecule has 0 unspecified atom stereocenters. The Morgan fingerprint density at radius 2 is 1.90 bits per heavy atom. The van der Waals surface area contributed by atoms with E-state index in [2.05, 4.69) is 46.8 Å². The van der Waals surface area contributed by atoms with E-state index in [0.717, 1.165) is 5.56 Å². The number of rotatable bonds is 6.